The Bertz CT molecular complexity index is 1300. The predicted octanol–water partition coefficient (Wildman–Crippen LogP) is 4.46. The molecule has 0 aliphatic heterocycles. The Kier molecular flexibility index (Phi) is 5.77. The minimum atomic E-state index is -0.258. The smallest absolute Gasteiger partial charge is 0.256 e. The summed E-state index contributed by atoms with van der Waals surface area (Å²) in [5, 5.41) is 19.0. The van der Waals surface area contributed by atoms with Gasteiger partial charge in [-0.25, -0.2) is 0 Å². The van der Waals surface area contributed by atoms with E-state index in [4.69, 9.17) is 5.26 Å². The van der Waals surface area contributed by atoms with Crippen LogP contribution >= 0.6 is 0 Å². The number of carbonyl (C=O) groups excluding carboxylic acids is 2. The molecule has 2 amide bonds. The first-order valence-electron chi connectivity index (χ1n) is 9.86. The molecule has 0 unspecified atom stereocenters. The van der Waals surface area contributed by atoms with Gasteiger partial charge in [0.05, 0.1) is 17.3 Å². The van der Waals surface area contributed by atoms with Crippen molar-refractivity contribution < 1.29 is 9.59 Å². The maximum atomic E-state index is 12.4. The first-order chi connectivity index (χ1) is 15.5. The van der Waals surface area contributed by atoms with Crippen LogP contribution in [0.1, 0.15) is 26.3 Å². The summed E-state index contributed by atoms with van der Waals surface area (Å²) < 4.78 is 1.61. The molecule has 2 N–H and O–H groups in total. The van der Waals surface area contributed by atoms with Gasteiger partial charge < -0.3 is 10.6 Å². The Hall–Kier alpha value is -4.70. The molecule has 4 rings (SSSR count). The number of anilines is 2. The standard InChI is InChI=1S/C25H19N5O2/c1-30-23(28-25(32)19-5-3-2-4-6-19)15-22(29-30)18-11-13-21(14-12-18)27-24(31)20-9-7-17(16-26)8-10-20/h2-15H,1H3,(H,27,31)(H,28,32). The van der Waals surface area contributed by atoms with Crippen LogP contribution in [0.25, 0.3) is 11.3 Å². The molecule has 0 fully saturated rings. The van der Waals surface area contributed by atoms with E-state index in [1.54, 1.807) is 66.3 Å². The van der Waals surface area contributed by atoms with Gasteiger partial charge in [-0.1, -0.05) is 30.3 Å². The third kappa shape index (κ3) is 4.55. The molecule has 0 saturated heterocycles. The van der Waals surface area contributed by atoms with Gasteiger partial charge in [-0.15, -0.1) is 0 Å². The summed E-state index contributed by atoms with van der Waals surface area (Å²) in [6.07, 6.45) is 0. The Morgan fingerprint density at radius 3 is 2.12 bits per heavy atom. The average molecular weight is 421 g/mol. The average Bonchev–Trinajstić information content (AvgIpc) is 3.20. The molecule has 0 radical (unpaired) electrons. The number of rotatable bonds is 5. The largest absolute Gasteiger partial charge is 0.322 e. The van der Waals surface area contributed by atoms with E-state index in [1.165, 1.54) is 0 Å². The topological polar surface area (TPSA) is 99.8 Å². The summed E-state index contributed by atoms with van der Waals surface area (Å²) in [7, 11) is 1.76. The van der Waals surface area contributed by atoms with Crippen molar-refractivity contribution in [1.82, 2.24) is 9.78 Å². The van der Waals surface area contributed by atoms with E-state index in [0.717, 1.165) is 5.56 Å². The number of hydrogen-bond acceptors (Lipinski definition) is 4. The third-order valence-corrected chi connectivity index (χ3v) is 4.87. The van der Waals surface area contributed by atoms with Crippen LogP contribution in [0, 0.1) is 11.3 Å². The SMILES string of the molecule is Cn1nc(-c2ccc(NC(=O)c3ccc(C#N)cc3)cc2)cc1NC(=O)c1ccccc1. The van der Waals surface area contributed by atoms with E-state index in [-0.39, 0.29) is 11.8 Å². The molecule has 0 aliphatic rings. The highest BCUT2D eigenvalue weighted by atomic mass is 16.2. The summed E-state index contributed by atoms with van der Waals surface area (Å²) >= 11 is 0. The molecule has 0 spiro atoms. The fourth-order valence-corrected chi connectivity index (χ4v) is 3.13. The second kappa shape index (κ2) is 8.98. The van der Waals surface area contributed by atoms with Crippen molar-refractivity contribution in [2.75, 3.05) is 10.6 Å². The van der Waals surface area contributed by atoms with Crippen LogP contribution in [0.5, 0.6) is 0 Å². The molecule has 1 aromatic heterocycles. The lowest BCUT2D eigenvalue weighted by Crippen LogP contribution is -2.14. The highest BCUT2D eigenvalue weighted by molar-refractivity contribution is 6.05. The van der Waals surface area contributed by atoms with Crippen molar-refractivity contribution in [3.63, 3.8) is 0 Å². The number of carbonyl (C=O) groups is 2. The van der Waals surface area contributed by atoms with E-state index >= 15 is 0 Å². The Balaban J connectivity index is 1.45. The van der Waals surface area contributed by atoms with Gasteiger partial charge in [-0.3, -0.25) is 14.3 Å². The van der Waals surface area contributed by atoms with Crippen molar-refractivity contribution in [2.24, 2.45) is 7.05 Å². The first-order valence-corrected chi connectivity index (χ1v) is 9.86. The fourth-order valence-electron chi connectivity index (χ4n) is 3.13. The third-order valence-electron chi connectivity index (χ3n) is 4.87. The zero-order valence-electron chi connectivity index (χ0n) is 17.2. The molecule has 0 aliphatic carbocycles. The molecule has 0 saturated carbocycles. The molecular formula is C25H19N5O2. The molecule has 1 heterocycles. The first kappa shape index (κ1) is 20.6. The summed E-state index contributed by atoms with van der Waals surface area (Å²) in [5.41, 5.74) is 3.71. The van der Waals surface area contributed by atoms with Gasteiger partial charge in [0.25, 0.3) is 11.8 Å². The summed E-state index contributed by atoms with van der Waals surface area (Å²) in [6.45, 7) is 0. The quantitative estimate of drug-likeness (QED) is 0.497. The predicted molar refractivity (Wildman–Crippen MR) is 122 cm³/mol. The lowest BCUT2D eigenvalue weighted by atomic mass is 10.1. The van der Waals surface area contributed by atoms with Crippen LogP contribution in [0.3, 0.4) is 0 Å². The Labute approximate surface area is 184 Å². The van der Waals surface area contributed by atoms with E-state index in [1.807, 2.05) is 36.4 Å². The number of aromatic nitrogens is 2. The molecule has 156 valence electrons. The lowest BCUT2D eigenvalue weighted by molar-refractivity contribution is 0.101. The number of hydrogen-bond donors (Lipinski definition) is 2. The molecule has 4 aromatic rings. The van der Waals surface area contributed by atoms with Crippen molar-refractivity contribution >= 4 is 23.3 Å². The van der Waals surface area contributed by atoms with Gasteiger partial charge >= 0.3 is 0 Å². The normalized spacial score (nSPS) is 10.2. The van der Waals surface area contributed by atoms with E-state index in [0.29, 0.717) is 33.9 Å². The van der Waals surface area contributed by atoms with Gasteiger partial charge in [-0.2, -0.15) is 10.4 Å². The van der Waals surface area contributed by atoms with E-state index < -0.39 is 0 Å². The number of benzene rings is 3. The second-order valence-corrected chi connectivity index (χ2v) is 7.08. The molecule has 0 bridgehead atoms. The van der Waals surface area contributed by atoms with Crippen LogP contribution in [0.4, 0.5) is 11.5 Å². The highest BCUT2D eigenvalue weighted by Gasteiger charge is 2.12. The number of nitriles is 1. The van der Waals surface area contributed by atoms with E-state index in [9.17, 15) is 9.59 Å². The molecule has 7 heteroatoms. The van der Waals surface area contributed by atoms with Crippen LogP contribution in [-0.4, -0.2) is 21.6 Å². The summed E-state index contributed by atoms with van der Waals surface area (Å²) in [5.74, 6) is 0.110. The van der Waals surface area contributed by atoms with Gasteiger partial charge in [0.1, 0.15) is 5.82 Å². The Morgan fingerprint density at radius 1 is 0.844 bits per heavy atom. The monoisotopic (exact) mass is 421 g/mol. The molecule has 0 atom stereocenters. The second-order valence-electron chi connectivity index (χ2n) is 7.08. The molecule has 7 nitrogen and oxygen atoms in total. The van der Waals surface area contributed by atoms with E-state index in [2.05, 4.69) is 15.7 Å². The fraction of sp³-hybridized carbons (Fsp3) is 0.0400. The van der Waals surface area contributed by atoms with Crippen LogP contribution in [0.15, 0.2) is 84.9 Å². The minimum absolute atomic E-state index is 0.207. The molecular weight excluding hydrogens is 402 g/mol. The maximum Gasteiger partial charge on any atom is 0.256 e. The number of amides is 2. The lowest BCUT2D eigenvalue weighted by Gasteiger charge is -2.06. The van der Waals surface area contributed by atoms with Crippen LogP contribution in [-0.2, 0) is 7.05 Å². The zero-order chi connectivity index (χ0) is 22.5. The zero-order valence-corrected chi connectivity index (χ0v) is 17.2. The highest BCUT2D eigenvalue weighted by Crippen LogP contribution is 2.24. The molecule has 3 aromatic carbocycles. The van der Waals surface area contributed by atoms with Crippen LogP contribution < -0.4 is 10.6 Å². The summed E-state index contributed by atoms with van der Waals surface area (Å²) in [6, 6.07) is 26.5. The molecule has 32 heavy (non-hydrogen) atoms. The van der Waals surface area contributed by atoms with Crippen molar-refractivity contribution in [3.8, 4) is 17.3 Å². The minimum Gasteiger partial charge on any atom is -0.322 e. The number of aryl methyl sites for hydroxylation is 1. The Morgan fingerprint density at radius 2 is 1.47 bits per heavy atom. The summed E-state index contributed by atoms with van der Waals surface area (Å²) in [4.78, 5) is 24.8. The van der Waals surface area contributed by atoms with Crippen molar-refractivity contribution in [2.45, 2.75) is 0 Å². The van der Waals surface area contributed by atoms with Gasteiger partial charge in [0.2, 0.25) is 0 Å². The van der Waals surface area contributed by atoms with Gasteiger partial charge in [-0.05, 0) is 48.5 Å². The number of nitrogens with zero attached hydrogens (tertiary/aromatic N) is 3. The van der Waals surface area contributed by atoms with Gasteiger partial charge in [0, 0.05) is 35.5 Å². The maximum absolute atomic E-state index is 12.4. The van der Waals surface area contributed by atoms with Crippen molar-refractivity contribution in [1.29, 1.82) is 5.26 Å². The number of nitrogens with one attached hydrogen (secondary N) is 2. The van der Waals surface area contributed by atoms with Crippen molar-refractivity contribution in [3.05, 3.63) is 102 Å². The van der Waals surface area contributed by atoms with Gasteiger partial charge in [0.15, 0.2) is 0 Å². The van der Waals surface area contributed by atoms with Crippen LogP contribution in [0.2, 0.25) is 0 Å².